The monoisotopic (exact) mass is 353 g/mol. The zero-order valence-corrected chi connectivity index (χ0v) is 14.9. The van der Waals surface area contributed by atoms with E-state index in [1.807, 2.05) is 42.2 Å². The van der Waals surface area contributed by atoms with Crippen LogP contribution in [0.3, 0.4) is 0 Å². The summed E-state index contributed by atoms with van der Waals surface area (Å²) in [5.74, 6) is 0.0872. The van der Waals surface area contributed by atoms with Crippen LogP contribution in [0.15, 0.2) is 54.6 Å². The van der Waals surface area contributed by atoms with Crippen molar-refractivity contribution in [3.63, 3.8) is 0 Å². The number of rotatable bonds is 5. The van der Waals surface area contributed by atoms with E-state index in [9.17, 15) is 14.9 Å². The van der Waals surface area contributed by atoms with Gasteiger partial charge in [-0.25, -0.2) is 0 Å². The van der Waals surface area contributed by atoms with Gasteiger partial charge in [-0.1, -0.05) is 37.3 Å². The van der Waals surface area contributed by atoms with Gasteiger partial charge in [-0.3, -0.25) is 14.9 Å². The Bertz CT molecular complexity index is 754. The van der Waals surface area contributed by atoms with Crippen LogP contribution in [-0.4, -0.2) is 41.9 Å². The van der Waals surface area contributed by atoms with Crippen molar-refractivity contribution < 1.29 is 9.72 Å². The maximum Gasteiger partial charge on any atom is 0.269 e. The SMILES string of the molecule is CC[C@@H](C(=O)N1CCN(c2ccc([N+](=O)[O-])cc2)CC1)c1ccccc1. The summed E-state index contributed by atoms with van der Waals surface area (Å²) in [6.45, 7) is 4.84. The van der Waals surface area contributed by atoms with Crippen LogP contribution in [0, 0.1) is 10.1 Å². The molecule has 6 heteroatoms. The lowest BCUT2D eigenvalue weighted by molar-refractivity contribution is -0.384. The van der Waals surface area contributed by atoms with E-state index in [1.165, 1.54) is 12.1 Å². The third-order valence-electron chi connectivity index (χ3n) is 4.93. The van der Waals surface area contributed by atoms with Crippen LogP contribution < -0.4 is 4.90 Å². The quantitative estimate of drug-likeness (QED) is 0.610. The van der Waals surface area contributed by atoms with E-state index in [1.54, 1.807) is 12.1 Å². The van der Waals surface area contributed by atoms with Crippen molar-refractivity contribution in [2.45, 2.75) is 19.3 Å². The highest BCUT2D eigenvalue weighted by Crippen LogP contribution is 2.24. The fourth-order valence-electron chi connectivity index (χ4n) is 3.43. The molecule has 1 saturated heterocycles. The molecule has 0 bridgehead atoms. The second-order valence-electron chi connectivity index (χ2n) is 6.46. The van der Waals surface area contributed by atoms with Gasteiger partial charge in [0.25, 0.3) is 5.69 Å². The molecule has 6 nitrogen and oxygen atoms in total. The highest BCUT2D eigenvalue weighted by Gasteiger charge is 2.27. The standard InChI is InChI=1S/C20H23N3O3/c1-2-19(16-6-4-3-5-7-16)20(24)22-14-12-21(13-15-22)17-8-10-18(11-9-17)23(25)26/h3-11,19H,2,12-15H2,1H3/t19-/m1/s1. The number of carbonyl (C=O) groups excluding carboxylic acids is 1. The molecular formula is C20H23N3O3. The first-order valence-corrected chi connectivity index (χ1v) is 8.93. The average Bonchev–Trinajstić information content (AvgIpc) is 2.69. The summed E-state index contributed by atoms with van der Waals surface area (Å²) in [6, 6.07) is 16.5. The smallest absolute Gasteiger partial charge is 0.269 e. The maximum atomic E-state index is 12.9. The number of anilines is 1. The van der Waals surface area contributed by atoms with Crippen LogP contribution >= 0.6 is 0 Å². The molecular weight excluding hydrogens is 330 g/mol. The number of hydrogen-bond acceptors (Lipinski definition) is 4. The summed E-state index contributed by atoms with van der Waals surface area (Å²) in [6.07, 6.45) is 0.783. The third-order valence-corrected chi connectivity index (χ3v) is 4.93. The van der Waals surface area contributed by atoms with Gasteiger partial charge in [-0.05, 0) is 24.1 Å². The van der Waals surface area contributed by atoms with Crippen LogP contribution in [-0.2, 0) is 4.79 Å². The Hall–Kier alpha value is -2.89. The largest absolute Gasteiger partial charge is 0.368 e. The Balaban J connectivity index is 1.62. The number of carbonyl (C=O) groups is 1. The van der Waals surface area contributed by atoms with Gasteiger partial charge >= 0.3 is 0 Å². The lowest BCUT2D eigenvalue weighted by Crippen LogP contribution is -2.50. The van der Waals surface area contributed by atoms with E-state index in [0.29, 0.717) is 13.1 Å². The van der Waals surface area contributed by atoms with Gasteiger partial charge in [0.2, 0.25) is 5.91 Å². The second kappa shape index (κ2) is 7.99. The van der Waals surface area contributed by atoms with E-state index in [0.717, 1.165) is 30.8 Å². The Labute approximate surface area is 153 Å². The second-order valence-corrected chi connectivity index (χ2v) is 6.46. The first kappa shape index (κ1) is 17.9. The van der Waals surface area contributed by atoms with Gasteiger partial charge in [-0.15, -0.1) is 0 Å². The van der Waals surface area contributed by atoms with Gasteiger partial charge in [0.15, 0.2) is 0 Å². The first-order chi connectivity index (χ1) is 12.6. The fraction of sp³-hybridized carbons (Fsp3) is 0.350. The van der Waals surface area contributed by atoms with Crippen molar-refractivity contribution >= 4 is 17.3 Å². The Morgan fingerprint density at radius 1 is 1.04 bits per heavy atom. The normalized spacial score (nSPS) is 15.6. The highest BCUT2D eigenvalue weighted by atomic mass is 16.6. The number of nitrogens with zero attached hydrogens (tertiary/aromatic N) is 3. The summed E-state index contributed by atoms with van der Waals surface area (Å²) in [4.78, 5) is 27.4. The van der Waals surface area contributed by atoms with Gasteiger partial charge < -0.3 is 9.80 Å². The van der Waals surface area contributed by atoms with Gasteiger partial charge in [0.1, 0.15) is 0 Å². The molecule has 0 saturated carbocycles. The Morgan fingerprint density at radius 3 is 2.19 bits per heavy atom. The van der Waals surface area contributed by atoms with E-state index in [-0.39, 0.29) is 17.5 Å². The van der Waals surface area contributed by atoms with Crippen molar-refractivity contribution in [1.29, 1.82) is 0 Å². The summed E-state index contributed by atoms with van der Waals surface area (Å²) in [5, 5.41) is 10.8. The van der Waals surface area contributed by atoms with Crippen molar-refractivity contribution in [2.75, 3.05) is 31.1 Å². The molecule has 2 aromatic carbocycles. The number of nitro groups is 1. The highest BCUT2D eigenvalue weighted by molar-refractivity contribution is 5.84. The van der Waals surface area contributed by atoms with Crippen LogP contribution in [0.25, 0.3) is 0 Å². The van der Waals surface area contributed by atoms with Gasteiger partial charge in [0.05, 0.1) is 10.8 Å². The molecule has 0 unspecified atom stereocenters. The van der Waals surface area contributed by atoms with E-state index >= 15 is 0 Å². The minimum Gasteiger partial charge on any atom is -0.368 e. The first-order valence-electron chi connectivity index (χ1n) is 8.93. The topological polar surface area (TPSA) is 66.7 Å². The van der Waals surface area contributed by atoms with Crippen molar-refractivity contribution in [3.8, 4) is 0 Å². The number of non-ortho nitro benzene ring substituents is 1. The minimum absolute atomic E-state index is 0.0937. The molecule has 1 aliphatic rings. The molecule has 2 aromatic rings. The molecule has 1 heterocycles. The molecule has 26 heavy (non-hydrogen) atoms. The van der Waals surface area contributed by atoms with Crippen molar-refractivity contribution in [3.05, 3.63) is 70.3 Å². The zero-order valence-electron chi connectivity index (χ0n) is 14.9. The van der Waals surface area contributed by atoms with Gasteiger partial charge in [-0.2, -0.15) is 0 Å². The lowest BCUT2D eigenvalue weighted by Gasteiger charge is -2.37. The molecule has 0 N–H and O–H groups in total. The number of nitro benzene ring substituents is 1. The molecule has 136 valence electrons. The van der Waals surface area contributed by atoms with E-state index in [2.05, 4.69) is 4.90 Å². The molecule has 0 spiro atoms. The molecule has 0 aromatic heterocycles. The predicted octanol–water partition coefficient (Wildman–Crippen LogP) is 3.44. The van der Waals surface area contributed by atoms with Crippen LogP contribution in [0.4, 0.5) is 11.4 Å². The number of piperazine rings is 1. The molecule has 1 fully saturated rings. The third kappa shape index (κ3) is 3.85. The molecule has 1 aliphatic heterocycles. The maximum absolute atomic E-state index is 12.9. The van der Waals surface area contributed by atoms with Crippen molar-refractivity contribution in [2.24, 2.45) is 0 Å². The lowest BCUT2D eigenvalue weighted by atomic mass is 9.95. The Morgan fingerprint density at radius 2 is 1.65 bits per heavy atom. The van der Waals surface area contributed by atoms with Crippen LogP contribution in [0.2, 0.25) is 0 Å². The molecule has 1 amide bonds. The molecule has 0 aliphatic carbocycles. The summed E-state index contributed by atoms with van der Waals surface area (Å²) in [5.41, 5.74) is 2.12. The Kier molecular flexibility index (Phi) is 5.51. The van der Waals surface area contributed by atoms with Crippen molar-refractivity contribution in [1.82, 2.24) is 4.90 Å². The summed E-state index contributed by atoms with van der Waals surface area (Å²) in [7, 11) is 0. The van der Waals surface area contributed by atoms with Crippen LogP contribution in [0.5, 0.6) is 0 Å². The number of amides is 1. The molecule has 1 atom stereocenters. The summed E-state index contributed by atoms with van der Waals surface area (Å²) >= 11 is 0. The minimum atomic E-state index is -0.394. The van der Waals surface area contributed by atoms with E-state index in [4.69, 9.17) is 0 Å². The van der Waals surface area contributed by atoms with Gasteiger partial charge in [0, 0.05) is 44.0 Å². The van der Waals surface area contributed by atoms with E-state index < -0.39 is 4.92 Å². The molecule has 0 radical (unpaired) electrons. The fourth-order valence-corrected chi connectivity index (χ4v) is 3.43. The summed E-state index contributed by atoms with van der Waals surface area (Å²) < 4.78 is 0. The molecule has 3 rings (SSSR count). The average molecular weight is 353 g/mol. The zero-order chi connectivity index (χ0) is 18.5. The van der Waals surface area contributed by atoms with Crippen LogP contribution in [0.1, 0.15) is 24.8 Å². The number of benzene rings is 2. The predicted molar refractivity (Wildman–Crippen MR) is 101 cm³/mol. The number of hydrogen-bond donors (Lipinski definition) is 0.